The van der Waals surface area contributed by atoms with Gasteiger partial charge in [0.1, 0.15) is 6.04 Å². The van der Waals surface area contributed by atoms with Gasteiger partial charge in [-0.3, -0.25) is 5.21 Å². The Balaban J connectivity index is 4.48. The predicted octanol–water partition coefficient (Wildman–Crippen LogP) is 0.516. The largest absolute Gasteiger partial charge is 0.480 e. The lowest BCUT2D eigenvalue weighted by molar-refractivity contribution is -0.142. The Kier molecular flexibility index (Phi) is 4.93. The molecule has 0 saturated heterocycles. The second-order valence-corrected chi connectivity index (χ2v) is 3.51. The molecule has 0 saturated carbocycles. The molecule has 0 aliphatic heterocycles. The van der Waals surface area contributed by atoms with E-state index in [4.69, 9.17) is 10.3 Å². The number of carbonyl (C=O) groups excluding carboxylic acids is 1. The van der Waals surface area contributed by atoms with E-state index in [-0.39, 0.29) is 5.92 Å². The van der Waals surface area contributed by atoms with E-state index in [1.54, 1.807) is 0 Å². The first-order valence-electron chi connectivity index (χ1n) is 4.29. The van der Waals surface area contributed by atoms with Gasteiger partial charge in [-0.2, -0.15) is 0 Å². The maximum atomic E-state index is 10.9. The third-order valence-corrected chi connectivity index (χ3v) is 1.86. The van der Waals surface area contributed by atoms with Crippen molar-refractivity contribution in [3.63, 3.8) is 0 Å². The molecule has 6 nitrogen and oxygen atoms in total. The molecule has 0 aliphatic rings. The average Bonchev–Trinajstić information content (AvgIpc) is 2.11. The molecule has 82 valence electrons. The van der Waals surface area contributed by atoms with Gasteiger partial charge in [-0.15, -0.1) is 0 Å². The molecule has 3 N–H and O–H groups in total. The van der Waals surface area contributed by atoms with Gasteiger partial charge in [0.2, 0.25) is 0 Å². The van der Waals surface area contributed by atoms with Crippen LogP contribution in [0, 0.1) is 5.92 Å². The summed E-state index contributed by atoms with van der Waals surface area (Å²) in [7, 11) is 1.33. The fourth-order valence-corrected chi connectivity index (χ4v) is 1.09. The van der Waals surface area contributed by atoms with Crippen LogP contribution >= 0.6 is 0 Å². The lowest BCUT2D eigenvalue weighted by Gasteiger charge is -2.24. The number of carbonyl (C=O) groups is 2. The molecule has 0 aromatic heterocycles. The number of hydrogen-bond donors (Lipinski definition) is 3. The highest BCUT2D eigenvalue weighted by Crippen LogP contribution is 2.10. The van der Waals surface area contributed by atoms with Gasteiger partial charge in [0, 0.05) is 7.05 Å². The molecule has 6 heteroatoms. The SMILES string of the molecule is CC(C)CC(C(=O)O)N(C)C(=O)NO. The topological polar surface area (TPSA) is 89.9 Å². The quantitative estimate of drug-likeness (QED) is 0.460. The first kappa shape index (κ1) is 12.7. The van der Waals surface area contributed by atoms with Crippen molar-refractivity contribution in [1.29, 1.82) is 0 Å². The third kappa shape index (κ3) is 3.61. The number of carboxylic acids is 1. The zero-order chi connectivity index (χ0) is 11.3. The molecule has 2 amide bonds. The molecule has 1 unspecified atom stereocenters. The van der Waals surface area contributed by atoms with Crippen LogP contribution in [0.1, 0.15) is 20.3 Å². The lowest BCUT2D eigenvalue weighted by atomic mass is 10.0. The highest BCUT2D eigenvalue weighted by Gasteiger charge is 2.26. The Morgan fingerprint density at radius 3 is 2.21 bits per heavy atom. The Morgan fingerprint density at radius 2 is 1.93 bits per heavy atom. The highest BCUT2D eigenvalue weighted by molar-refractivity contribution is 5.81. The van der Waals surface area contributed by atoms with Crippen LogP contribution in [0.15, 0.2) is 0 Å². The molecule has 0 spiro atoms. The zero-order valence-electron chi connectivity index (χ0n) is 8.52. The number of carboxylic acid groups (broad SMARTS) is 1. The molecule has 0 radical (unpaired) electrons. The summed E-state index contributed by atoms with van der Waals surface area (Å²) in [5.41, 5.74) is 1.40. The number of nitrogens with one attached hydrogen (secondary N) is 1. The fourth-order valence-electron chi connectivity index (χ4n) is 1.09. The minimum atomic E-state index is -1.08. The van der Waals surface area contributed by atoms with Crippen LogP contribution in [0.5, 0.6) is 0 Å². The summed E-state index contributed by atoms with van der Waals surface area (Å²) in [5, 5.41) is 17.2. The van der Waals surface area contributed by atoms with Gasteiger partial charge in [0.25, 0.3) is 0 Å². The third-order valence-electron chi connectivity index (χ3n) is 1.86. The van der Waals surface area contributed by atoms with Gasteiger partial charge < -0.3 is 10.0 Å². The van der Waals surface area contributed by atoms with Crippen molar-refractivity contribution >= 4 is 12.0 Å². The van der Waals surface area contributed by atoms with E-state index in [0.29, 0.717) is 6.42 Å². The molecule has 0 rings (SSSR count). The molecule has 0 aromatic carbocycles. The maximum absolute atomic E-state index is 10.9. The molecular formula is C8H16N2O4. The van der Waals surface area contributed by atoms with Crippen LogP contribution in [-0.2, 0) is 4.79 Å². The van der Waals surface area contributed by atoms with E-state index < -0.39 is 18.0 Å². The fraction of sp³-hybridized carbons (Fsp3) is 0.750. The minimum absolute atomic E-state index is 0.157. The monoisotopic (exact) mass is 204 g/mol. The first-order valence-corrected chi connectivity index (χ1v) is 4.29. The Hall–Kier alpha value is -1.30. The molecule has 0 fully saturated rings. The van der Waals surface area contributed by atoms with Gasteiger partial charge >= 0.3 is 12.0 Å². The predicted molar refractivity (Wildman–Crippen MR) is 49.0 cm³/mol. The average molecular weight is 204 g/mol. The summed E-state index contributed by atoms with van der Waals surface area (Å²) < 4.78 is 0. The molecule has 0 heterocycles. The number of urea groups is 1. The van der Waals surface area contributed by atoms with Crippen LogP contribution < -0.4 is 5.48 Å². The van der Waals surface area contributed by atoms with Crippen LogP contribution in [0.3, 0.4) is 0 Å². The van der Waals surface area contributed by atoms with E-state index in [1.807, 2.05) is 13.8 Å². The summed E-state index contributed by atoms with van der Waals surface area (Å²) in [4.78, 5) is 22.7. The molecule has 0 aliphatic carbocycles. The van der Waals surface area contributed by atoms with Crippen molar-refractivity contribution < 1.29 is 19.9 Å². The standard InChI is InChI=1S/C8H16N2O4/c1-5(2)4-6(7(11)12)10(3)8(13)9-14/h5-6,14H,4H2,1-3H3,(H,9,13)(H,11,12). The highest BCUT2D eigenvalue weighted by atomic mass is 16.5. The van der Waals surface area contributed by atoms with Crippen LogP contribution in [0.2, 0.25) is 0 Å². The molecular weight excluding hydrogens is 188 g/mol. The molecule has 0 aromatic rings. The van der Waals surface area contributed by atoms with Crippen molar-refractivity contribution in [2.45, 2.75) is 26.3 Å². The normalized spacial score (nSPS) is 12.4. The van der Waals surface area contributed by atoms with E-state index in [1.165, 1.54) is 12.5 Å². The van der Waals surface area contributed by atoms with Crippen molar-refractivity contribution in [2.24, 2.45) is 5.92 Å². The smallest absolute Gasteiger partial charge is 0.341 e. The van der Waals surface area contributed by atoms with Gasteiger partial charge in [-0.1, -0.05) is 13.8 Å². The van der Waals surface area contributed by atoms with Crippen molar-refractivity contribution in [3.8, 4) is 0 Å². The number of rotatable bonds is 4. The lowest BCUT2D eigenvalue weighted by Crippen LogP contribution is -2.47. The van der Waals surface area contributed by atoms with E-state index in [0.717, 1.165) is 4.90 Å². The van der Waals surface area contributed by atoms with Crippen molar-refractivity contribution in [3.05, 3.63) is 0 Å². The Labute approximate surface area is 82.5 Å². The second-order valence-electron chi connectivity index (χ2n) is 3.51. The Morgan fingerprint density at radius 1 is 1.43 bits per heavy atom. The Bertz CT molecular complexity index is 217. The molecule has 14 heavy (non-hydrogen) atoms. The molecule has 1 atom stereocenters. The number of aliphatic carboxylic acids is 1. The maximum Gasteiger partial charge on any atom is 0.341 e. The van der Waals surface area contributed by atoms with E-state index in [9.17, 15) is 9.59 Å². The summed E-state index contributed by atoms with van der Waals surface area (Å²) in [6.45, 7) is 3.72. The van der Waals surface area contributed by atoms with Gasteiger partial charge in [-0.05, 0) is 12.3 Å². The number of likely N-dealkylation sites (N-methyl/N-ethyl adjacent to an activating group) is 1. The van der Waals surface area contributed by atoms with E-state index >= 15 is 0 Å². The number of amides is 2. The van der Waals surface area contributed by atoms with Crippen LogP contribution in [0.4, 0.5) is 4.79 Å². The van der Waals surface area contributed by atoms with E-state index in [2.05, 4.69) is 0 Å². The number of nitrogens with zero attached hydrogens (tertiary/aromatic N) is 1. The van der Waals surface area contributed by atoms with Crippen LogP contribution in [-0.4, -0.2) is 40.3 Å². The second kappa shape index (κ2) is 5.43. The van der Waals surface area contributed by atoms with Gasteiger partial charge in [-0.25, -0.2) is 15.1 Å². The number of hydroxylamine groups is 1. The number of hydrogen-bond acceptors (Lipinski definition) is 3. The van der Waals surface area contributed by atoms with Gasteiger partial charge in [0.15, 0.2) is 0 Å². The summed E-state index contributed by atoms with van der Waals surface area (Å²) >= 11 is 0. The summed E-state index contributed by atoms with van der Waals surface area (Å²) in [5.74, 6) is -0.921. The minimum Gasteiger partial charge on any atom is -0.480 e. The van der Waals surface area contributed by atoms with Gasteiger partial charge in [0.05, 0.1) is 0 Å². The first-order chi connectivity index (χ1) is 6.40. The zero-order valence-corrected chi connectivity index (χ0v) is 8.52. The van der Waals surface area contributed by atoms with Crippen molar-refractivity contribution in [2.75, 3.05) is 7.05 Å². The van der Waals surface area contributed by atoms with Crippen molar-refractivity contribution in [1.82, 2.24) is 10.4 Å². The van der Waals surface area contributed by atoms with Crippen LogP contribution in [0.25, 0.3) is 0 Å². The summed E-state index contributed by atoms with van der Waals surface area (Å²) in [6, 6.07) is -1.74. The molecule has 0 bridgehead atoms. The summed E-state index contributed by atoms with van der Waals surface area (Å²) in [6.07, 6.45) is 0.346.